The maximum atomic E-state index is 11.3. The van der Waals surface area contributed by atoms with Gasteiger partial charge in [-0.15, -0.1) is 24.0 Å². The summed E-state index contributed by atoms with van der Waals surface area (Å²) in [5.74, 6) is 1.67. The number of primary sulfonamides is 1. The summed E-state index contributed by atoms with van der Waals surface area (Å²) in [7, 11) is -1.89. The highest BCUT2D eigenvalue weighted by molar-refractivity contribution is 14.0. The van der Waals surface area contributed by atoms with Gasteiger partial charge in [0.05, 0.1) is 4.90 Å². The zero-order valence-electron chi connectivity index (χ0n) is 15.4. The highest BCUT2D eigenvalue weighted by Gasteiger charge is 2.12. The van der Waals surface area contributed by atoms with E-state index >= 15 is 0 Å². The summed E-state index contributed by atoms with van der Waals surface area (Å²) < 4.78 is 22.5. The third-order valence-corrected chi connectivity index (χ3v) is 5.67. The molecule has 0 amide bonds. The number of nitrogens with zero attached hydrogens (tertiary/aromatic N) is 1. The van der Waals surface area contributed by atoms with Crippen molar-refractivity contribution in [3.63, 3.8) is 0 Å². The van der Waals surface area contributed by atoms with Gasteiger partial charge in [0, 0.05) is 20.1 Å². The zero-order valence-corrected chi connectivity index (χ0v) is 18.6. The second kappa shape index (κ2) is 11.8. The number of hydrogen-bond acceptors (Lipinski definition) is 3. The van der Waals surface area contributed by atoms with E-state index in [1.54, 1.807) is 19.2 Å². The highest BCUT2D eigenvalue weighted by Crippen LogP contribution is 2.26. The molecule has 0 saturated heterocycles. The smallest absolute Gasteiger partial charge is 0.238 e. The lowest BCUT2D eigenvalue weighted by molar-refractivity contribution is 0.332. The lowest BCUT2D eigenvalue weighted by Gasteiger charge is -2.21. The molecule has 1 aliphatic carbocycles. The first kappa shape index (κ1) is 23.2. The van der Waals surface area contributed by atoms with E-state index in [1.807, 2.05) is 0 Å². The molecule has 2 rings (SSSR count). The lowest BCUT2D eigenvalue weighted by Crippen LogP contribution is -2.37. The summed E-state index contributed by atoms with van der Waals surface area (Å²) in [5, 5.41) is 11.7. The Labute approximate surface area is 174 Å². The van der Waals surface area contributed by atoms with E-state index in [4.69, 9.17) is 5.14 Å². The minimum Gasteiger partial charge on any atom is -0.356 e. The lowest BCUT2D eigenvalue weighted by atomic mass is 9.86. The topological polar surface area (TPSA) is 96.6 Å². The van der Waals surface area contributed by atoms with Gasteiger partial charge in [-0.1, -0.05) is 44.2 Å². The van der Waals surface area contributed by atoms with Crippen LogP contribution in [0.2, 0.25) is 0 Å². The number of nitrogens with two attached hydrogens (primary N) is 1. The number of sulfonamides is 1. The molecule has 148 valence electrons. The fraction of sp³-hybridized carbons (Fsp3) is 0.611. The molecule has 1 aliphatic rings. The molecule has 1 aromatic carbocycles. The molecule has 0 radical (unpaired) electrons. The molecule has 0 atom stereocenters. The van der Waals surface area contributed by atoms with E-state index in [0.717, 1.165) is 30.4 Å². The van der Waals surface area contributed by atoms with Crippen LogP contribution in [0.5, 0.6) is 0 Å². The monoisotopic (exact) mass is 494 g/mol. The van der Waals surface area contributed by atoms with Gasteiger partial charge in [-0.2, -0.15) is 0 Å². The SMILES string of the molecule is CN=C(NCCCC1CCCCC1)NCc1ccc(S(N)(=O)=O)cc1.I. The van der Waals surface area contributed by atoms with Crippen LogP contribution in [0.15, 0.2) is 34.2 Å². The molecule has 4 N–H and O–H groups in total. The molecule has 0 aliphatic heterocycles. The van der Waals surface area contributed by atoms with Crippen molar-refractivity contribution in [3.8, 4) is 0 Å². The summed E-state index contributed by atoms with van der Waals surface area (Å²) in [4.78, 5) is 4.35. The van der Waals surface area contributed by atoms with Crippen LogP contribution in [-0.2, 0) is 16.6 Å². The fourth-order valence-corrected chi connectivity index (χ4v) is 3.79. The summed E-state index contributed by atoms with van der Waals surface area (Å²) in [6, 6.07) is 6.55. The van der Waals surface area contributed by atoms with E-state index in [2.05, 4.69) is 15.6 Å². The van der Waals surface area contributed by atoms with Gasteiger partial charge in [0.15, 0.2) is 5.96 Å². The minimum absolute atomic E-state index is 0. The first-order valence-electron chi connectivity index (χ1n) is 9.05. The van der Waals surface area contributed by atoms with Gasteiger partial charge in [0.2, 0.25) is 10.0 Å². The Morgan fingerprint density at radius 2 is 1.81 bits per heavy atom. The maximum Gasteiger partial charge on any atom is 0.238 e. The van der Waals surface area contributed by atoms with Crippen molar-refractivity contribution in [2.45, 2.75) is 56.4 Å². The molecule has 1 fully saturated rings. The fourth-order valence-electron chi connectivity index (χ4n) is 3.28. The first-order chi connectivity index (χ1) is 12.0. The standard InChI is InChI=1S/C18H30N4O2S.HI/c1-20-18(21-13-5-8-15-6-3-2-4-7-15)22-14-16-9-11-17(12-10-16)25(19,23)24;/h9-12,15H,2-8,13-14H2,1H3,(H2,19,23,24)(H2,20,21,22);1H. The van der Waals surface area contributed by atoms with E-state index in [0.29, 0.717) is 6.54 Å². The largest absolute Gasteiger partial charge is 0.356 e. The number of hydrogen-bond donors (Lipinski definition) is 3. The molecule has 0 aromatic heterocycles. The molecule has 0 bridgehead atoms. The Morgan fingerprint density at radius 3 is 2.38 bits per heavy atom. The van der Waals surface area contributed by atoms with E-state index in [-0.39, 0.29) is 28.9 Å². The summed E-state index contributed by atoms with van der Waals surface area (Å²) in [5.41, 5.74) is 0.970. The quantitative estimate of drug-likeness (QED) is 0.235. The minimum atomic E-state index is -3.64. The predicted molar refractivity (Wildman–Crippen MR) is 117 cm³/mol. The number of nitrogens with one attached hydrogen (secondary N) is 2. The number of guanidine groups is 1. The zero-order chi connectivity index (χ0) is 18.1. The van der Waals surface area contributed by atoms with Crippen LogP contribution in [0.4, 0.5) is 0 Å². The summed E-state index contributed by atoms with van der Waals surface area (Å²) in [6.45, 7) is 1.49. The Hall–Kier alpha value is -0.870. The normalized spacial score (nSPS) is 16.0. The molecule has 8 heteroatoms. The summed E-state index contributed by atoms with van der Waals surface area (Å²) in [6.07, 6.45) is 9.43. The van der Waals surface area contributed by atoms with Gasteiger partial charge in [-0.25, -0.2) is 13.6 Å². The van der Waals surface area contributed by atoms with Crippen molar-refractivity contribution < 1.29 is 8.42 Å². The van der Waals surface area contributed by atoms with Crippen LogP contribution in [0.25, 0.3) is 0 Å². The molecule has 1 saturated carbocycles. The Morgan fingerprint density at radius 1 is 1.15 bits per heavy atom. The number of aliphatic imine (C=N–C) groups is 1. The maximum absolute atomic E-state index is 11.3. The Bertz CT molecular complexity index is 656. The van der Waals surface area contributed by atoms with Crippen LogP contribution in [0, 0.1) is 5.92 Å². The van der Waals surface area contributed by atoms with Crippen LogP contribution in [-0.4, -0.2) is 28.0 Å². The molecule has 26 heavy (non-hydrogen) atoms. The van der Waals surface area contributed by atoms with Gasteiger partial charge < -0.3 is 10.6 Å². The number of rotatable bonds is 7. The van der Waals surface area contributed by atoms with Gasteiger partial charge in [-0.3, -0.25) is 4.99 Å². The van der Waals surface area contributed by atoms with Crippen molar-refractivity contribution in [1.82, 2.24) is 10.6 Å². The van der Waals surface area contributed by atoms with E-state index < -0.39 is 10.0 Å². The van der Waals surface area contributed by atoms with Crippen LogP contribution < -0.4 is 15.8 Å². The van der Waals surface area contributed by atoms with Crippen molar-refractivity contribution in [3.05, 3.63) is 29.8 Å². The second-order valence-corrected chi connectivity index (χ2v) is 8.25. The third kappa shape index (κ3) is 8.22. The van der Waals surface area contributed by atoms with Crippen molar-refractivity contribution in [2.24, 2.45) is 16.0 Å². The Kier molecular flexibility index (Phi) is 10.5. The molecule has 6 nitrogen and oxygen atoms in total. The summed E-state index contributed by atoms with van der Waals surface area (Å²) >= 11 is 0. The highest BCUT2D eigenvalue weighted by atomic mass is 127. The van der Waals surface area contributed by atoms with Crippen molar-refractivity contribution in [2.75, 3.05) is 13.6 Å². The predicted octanol–water partition coefficient (Wildman–Crippen LogP) is 2.98. The Balaban J connectivity index is 0.00000338. The van der Waals surface area contributed by atoms with Crippen LogP contribution >= 0.6 is 24.0 Å². The van der Waals surface area contributed by atoms with E-state index in [1.165, 1.54) is 50.7 Å². The number of halogens is 1. The average molecular weight is 494 g/mol. The first-order valence-corrected chi connectivity index (χ1v) is 10.6. The van der Waals surface area contributed by atoms with Gasteiger partial charge in [0.1, 0.15) is 0 Å². The van der Waals surface area contributed by atoms with Gasteiger partial charge in [-0.05, 0) is 36.5 Å². The van der Waals surface area contributed by atoms with Crippen molar-refractivity contribution in [1.29, 1.82) is 0 Å². The second-order valence-electron chi connectivity index (χ2n) is 6.69. The average Bonchev–Trinajstić information content (AvgIpc) is 2.61. The van der Waals surface area contributed by atoms with Crippen LogP contribution in [0.3, 0.4) is 0 Å². The molecular weight excluding hydrogens is 463 g/mol. The number of benzene rings is 1. The van der Waals surface area contributed by atoms with E-state index in [9.17, 15) is 8.42 Å². The molecule has 0 unspecified atom stereocenters. The van der Waals surface area contributed by atoms with Gasteiger partial charge in [0.25, 0.3) is 0 Å². The van der Waals surface area contributed by atoms with Crippen LogP contribution in [0.1, 0.15) is 50.5 Å². The molecule has 1 aromatic rings. The van der Waals surface area contributed by atoms with Crippen molar-refractivity contribution >= 4 is 40.0 Å². The van der Waals surface area contributed by atoms with Gasteiger partial charge >= 0.3 is 0 Å². The molecular formula is C18H31IN4O2S. The molecule has 0 heterocycles. The third-order valence-electron chi connectivity index (χ3n) is 4.74. The molecule has 0 spiro atoms.